The first-order valence-corrected chi connectivity index (χ1v) is 21.9. The number of amides is 6. The first kappa shape index (κ1) is 49.8. The van der Waals surface area contributed by atoms with Gasteiger partial charge in [0, 0.05) is 31.3 Å². The number of hydrogen-bond donors (Lipinski definition) is 6. The topological polar surface area (TPSA) is 287 Å². The number of nitro groups is 1. The quantitative estimate of drug-likeness (QED) is 0.0536. The second kappa shape index (κ2) is 23.0. The highest BCUT2D eigenvalue weighted by atomic mass is 16.6. The molecule has 3 aliphatic rings. The third-order valence-electron chi connectivity index (χ3n) is 12.3. The van der Waals surface area contributed by atoms with Crippen molar-refractivity contribution in [3.8, 4) is 0 Å². The molecule has 19 nitrogen and oxygen atoms in total. The molecule has 7 N–H and O–H groups in total. The second-order valence-corrected chi connectivity index (χ2v) is 17.9. The Bertz CT molecular complexity index is 1900. The number of carboxylic acid groups (broad SMARTS) is 1. The summed E-state index contributed by atoms with van der Waals surface area (Å²) in [5.41, 5.74) is 3.21. The van der Waals surface area contributed by atoms with E-state index in [9.17, 15) is 53.6 Å². The van der Waals surface area contributed by atoms with E-state index in [0.29, 0.717) is 12.8 Å². The number of benzene rings is 1. The predicted octanol–water partition coefficient (Wildman–Crippen LogP) is 3.29. The van der Waals surface area contributed by atoms with Gasteiger partial charge in [0.05, 0.1) is 29.1 Å². The van der Waals surface area contributed by atoms with Gasteiger partial charge in [-0.1, -0.05) is 65.4 Å². The number of carbonyl (C=O) groups is 8. The summed E-state index contributed by atoms with van der Waals surface area (Å²) in [6, 6.07) is -1.66. The van der Waals surface area contributed by atoms with Crippen molar-refractivity contribution in [2.75, 3.05) is 20.2 Å². The molecule has 1 aliphatic heterocycles. The van der Waals surface area contributed by atoms with E-state index in [-0.39, 0.29) is 37.8 Å². The van der Waals surface area contributed by atoms with Crippen molar-refractivity contribution in [3.05, 3.63) is 51.6 Å². The summed E-state index contributed by atoms with van der Waals surface area (Å²) < 4.78 is 4.61. The van der Waals surface area contributed by atoms with Crippen molar-refractivity contribution < 1.29 is 53.1 Å². The molecule has 2 saturated carbocycles. The lowest BCUT2D eigenvalue weighted by molar-refractivity contribution is -0.384. The van der Waals surface area contributed by atoms with Gasteiger partial charge in [-0.25, -0.2) is 9.59 Å². The summed E-state index contributed by atoms with van der Waals surface area (Å²) in [6.45, 7) is 5.46. The Morgan fingerprint density at radius 1 is 0.857 bits per heavy atom. The van der Waals surface area contributed by atoms with E-state index in [1.54, 1.807) is 20.8 Å². The van der Waals surface area contributed by atoms with Gasteiger partial charge < -0.3 is 41.7 Å². The molecule has 1 aromatic rings. The Labute approximate surface area is 367 Å². The molecule has 6 amide bonds. The molecule has 1 heterocycles. The molecule has 346 valence electrons. The first-order valence-electron chi connectivity index (χ1n) is 21.9. The van der Waals surface area contributed by atoms with Gasteiger partial charge in [-0.05, 0) is 74.7 Å². The molecule has 0 bridgehead atoms. The molecule has 1 saturated heterocycles. The lowest BCUT2D eigenvalue weighted by Gasteiger charge is -2.39. The number of esters is 1. The van der Waals surface area contributed by atoms with Crippen molar-refractivity contribution >= 4 is 53.1 Å². The van der Waals surface area contributed by atoms with Gasteiger partial charge in [-0.2, -0.15) is 0 Å². The molecular weight excluding hydrogens is 819 g/mol. The number of hydrogen-bond acceptors (Lipinski definition) is 11. The van der Waals surface area contributed by atoms with E-state index in [0.717, 1.165) is 88.5 Å². The van der Waals surface area contributed by atoms with Crippen LogP contribution in [0.4, 0.5) is 5.69 Å². The summed E-state index contributed by atoms with van der Waals surface area (Å²) in [7, 11) is 1.18. The van der Waals surface area contributed by atoms with E-state index < -0.39 is 105 Å². The Kier molecular flexibility index (Phi) is 18.2. The molecule has 0 spiro atoms. The van der Waals surface area contributed by atoms with E-state index in [1.807, 2.05) is 0 Å². The summed E-state index contributed by atoms with van der Waals surface area (Å²) in [6.07, 6.45) is 12.1. The van der Waals surface area contributed by atoms with E-state index in [2.05, 4.69) is 26.0 Å². The molecule has 0 unspecified atom stereocenters. The summed E-state index contributed by atoms with van der Waals surface area (Å²) >= 11 is 0. The van der Waals surface area contributed by atoms with E-state index in [1.165, 1.54) is 18.1 Å². The number of ether oxygens (including phenoxy) is 1. The molecule has 3 fully saturated rings. The molecule has 63 heavy (non-hydrogen) atoms. The number of piperidine rings is 1. The summed E-state index contributed by atoms with van der Waals surface area (Å²) in [4.78, 5) is 118. The maximum Gasteiger partial charge on any atom is 0.336 e. The maximum absolute atomic E-state index is 14.4. The number of primary amides is 1. The monoisotopic (exact) mass is 881 g/mol. The standard InChI is InChI=1S/C44H63N7O12/c1-44(2,3)36(49-40(56)32(19-11-12-20-33(52)63-4)46-39(55)30-22-21-29(51(61)62)24-31(30)43(59)60)42(58)50-23-13-18-28(25-50)38(54)48-35(27-16-9-6-10-17-27)41(57)47-34(37(45)53)26-14-7-5-8-15-26/h12,20-22,24,26-28,32,34-36H,5-11,13-19,23,25H2,1-4H3,(H2,45,53)(H,46,55)(H,47,57)(H,48,54)(H,49,56)(H,59,60)/b20-12+/t28-,32+,34+,35+,36-/m1/s1. The molecule has 0 radical (unpaired) electrons. The van der Waals surface area contributed by atoms with Gasteiger partial charge in [0.1, 0.15) is 24.2 Å². The zero-order chi connectivity index (χ0) is 46.4. The number of nitrogens with zero attached hydrogens (tertiary/aromatic N) is 2. The van der Waals surface area contributed by atoms with Crippen molar-refractivity contribution in [1.29, 1.82) is 0 Å². The number of aromatic carboxylic acids is 1. The second-order valence-electron chi connectivity index (χ2n) is 17.9. The SMILES string of the molecule is COC(=O)/C=C/CC[C@H](NC(=O)c1ccc([N+](=O)[O-])cc1C(=O)O)C(=O)N[C@H](C(=O)N1CCC[C@@H](C(=O)N[C@H](C(=O)N[C@H](C(N)=O)C2CCCCC2)C2CCCCC2)C1)C(C)(C)C. The van der Waals surface area contributed by atoms with Gasteiger partial charge in [-0.3, -0.25) is 38.9 Å². The zero-order valence-corrected chi connectivity index (χ0v) is 36.7. The minimum absolute atomic E-state index is 0.00525. The number of likely N-dealkylation sites (tertiary alicyclic amines) is 1. The van der Waals surface area contributed by atoms with Crippen LogP contribution in [0.25, 0.3) is 0 Å². The van der Waals surface area contributed by atoms with Crippen LogP contribution in [0.15, 0.2) is 30.4 Å². The van der Waals surface area contributed by atoms with Crippen LogP contribution in [0.3, 0.4) is 0 Å². The Balaban J connectivity index is 1.52. The number of carbonyl (C=O) groups excluding carboxylic acids is 7. The van der Waals surface area contributed by atoms with Crippen molar-refractivity contribution in [1.82, 2.24) is 26.2 Å². The van der Waals surface area contributed by atoms with E-state index >= 15 is 0 Å². The highest BCUT2D eigenvalue weighted by molar-refractivity contribution is 6.06. The molecule has 19 heteroatoms. The van der Waals surface area contributed by atoms with Gasteiger partial charge in [-0.15, -0.1) is 0 Å². The molecule has 0 aromatic heterocycles. The fraction of sp³-hybridized carbons (Fsp3) is 0.636. The fourth-order valence-corrected chi connectivity index (χ4v) is 8.77. The van der Waals surface area contributed by atoms with Crippen LogP contribution in [0.1, 0.15) is 131 Å². The number of nitrogens with one attached hydrogen (secondary N) is 4. The number of methoxy groups -OCH3 is 1. The number of non-ortho nitro benzene ring substituents is 1. The number of allylic oxidation sites excluding steroid dienone is 1. The third-order valence-corrected chi connectivity index (χ3v) is 12.3. The third kappa shape index (κ3) is 14.1. The zero-order valence-electron chi connectivity index (χ0n) is 36.7. The molecule has 5 atom stereocenters. The van der Waals surface area contributed by atoms with Crippen molar-refractivity contribution in [2.24, 2.45) is 28.9 Å². The number of rotatable bonds is 18. The van der Waals surface area contributed by atoms with Crippen LogP contribution < -0.4 is 27.0 Å². The normalized spacial score (nSPS) is 19.4. The van der Waals surface area contributed by atoms with E-state index in [4.69, 9.17) is 5.73 Å². The molecule has 2 aliphatic carbocycles. The van der Waals surface area contributed by atoms with Gasteiger partial charge in [0.25, 0.3) is 11.6 Å². The summed E-state index contributed by atoms with van der Waals surface area (Å²) in [5, 5.41) is 32.2. The average Bonchev–Trinajstić information content (AvgIpc) is 3.26. The highest BCUT2D eigenvalue weighted by Crippen LogP contribution is 2.30. The van der Waals surface area contributed by atoms with Crippen LogP contribution >= 0.6 is 0 Å². The lowest BCUT2D eigenvalue weighted by atomic mass is 9.81. The van der Waals surface area contributed by atoms with Crippen molar-refractivity contribution in [2.45, 2.75) is 135 Å². The van der Waals surface area contributed by atoms with Crippen LogP contribution in [0, 0.1) is 33.3 Å². The van der Waals surface area contributed by atoms with Crippen molar-refractivity contribution in [3.63, 3.8) is 0 Å². The Morgan fingerprint density at radius 3 is 2.03 bits per heavy atom. The Hall–Kier alpha value is -5.88. The first-order chi connectivity index (χ1) is 29.8. The Morgan fingerprint density at radius 2 is 1.48 bits per heavy atom. The van der Waals surface area contributed by atoms with Gasteiger partial charge in [0.2, 0.25) is 29.5 Å². The summed E-state index contributed by atoms with van der Waals surface area (Å²) in [5.74, 6) is -6.98. The predicted molar refractivity (Wildman–Crippen MR) is 229 cm³/mol. The largest absolute Gasteiger partial charge is 0.478 e. The smallest absolute Gasteiger partial charge is 0.336 e. The highest BCUT2D eigenvalue weighted by Gasteiger charge is 2.41. The van der Waals surface area contributed by atoms with Crippen LogP contribution in [-0.4, -0.2) is 107 Å². The lowest BCUT2D eigenvalue weighted by Crippen LogP contribution is -2.61. The van der Waals surface area contributed by atoms with Crippen LogP contribution in [-0.2, 0) is 33.5 Å². The van der Waals surface area contributed by atoms with Crippen LogP contribution in [0.2, 0.25) is 0 Å². The molecule has 1 aromatic carbocycles. The van der Waals surface area contributed by atoms with Gasteiger partial charge >= 0.3 is 11.9 Å². The molecular formula is C44H63N7O12. The molecule has 4 rings (SSSR count). The number of carboxylic acids is 1. The number of nitro benzene ring substituents is 1. The maximum atomic E-state index is 14.4. The fourth-order valence-electron chi connectivity index (χ4n) is 8.77. The average molecular weight is 882 g/mol. The van der Waals surface area contributed by atoms with Gasteiger partial charge in [0.15, 0.2) is 0 Å². The minimum atomic E-state index is -1.61. The number of nitrogens with two attached hydrogens (primary N) is 1. The minimum Gasteiger partial charge on any atom is -0.478 e. The van der Waals surface area contributed by atoms with Crippen LogP contribution in [0.5, 0.6) is 0 Å².